The number of rotatable bonds is 3. The smallest absolute Gasteiger partial charge is 0.156 e. The number of aromatic nitrogens is 4. The van der Waals surface area contributed by atoms with Crippen molar-refractivity contribution in [2.75, 3.05) is 7.05 Å². The molecule has 0 atom stereocenters. The summed E-state index contributed by atoms with van der Waals surface area (Å²) in [5.41, 5.74) is 2.22. The van der Waals surface area contributed by atoms with E-state index in [1.54, 1.807) is 6.20 Å². The summed E-state index contributed by atoms with van der Waals surface area (Å²) < 4.78 is 3.70. The zero-order valence-electron chi connectivity index (χ0n) is 9.23. The third kappa shape index (κ3) is 1.66. The Balaban J connectivity index is 2.54. The highest BCUT2D eigenvalue weighted by Crippen LogP contribution is 2.16. The average Bonchev–Trinajstić information content (AvgIpc) is 2.77. The molecule has 0 unspecified atom stereocenters. The molecule has 0 radical (unpaired) electrons. The van der Waals surface area contributed by atoms with Gasteiger partial charge in [0.05, 0.1) is 5.69 Å². The van der Waals surface area contributed by atoms with Gasteiger partial charge in [-0.2, -0.15) is 10.2 Å². The summed E-state index contributed by atoms with van der Waals surface area (Å²) in [6, 6.07) is 1.91. The fourth-order valence-corrected chi connectivity index (χ4v) is 1.75. The van der Waals surface area contributed by atoms with E-state index in [-0.39, 0.29) is 0 Å². The molecule has 0 aliphatic rings. The van der Waals surface area contributed by atoms with E-state index in [0.717, 1.165) is 18.1 Å². The number of aryl methyl sites for hydroxylation is 2. The van der Waals surface area contributed by atoms with E-state index in [1.165, 1.54) is 5.56 Å². The van der Waals surface area contributed by atoms with Gasteiger partial charge in [-0.25, -0.2) is 4.68 Å². The maximum atomic E-state index is 4.40. The Morgan fingerprint density at radius 1 is 1.47 bits per heavy atom. The van der Waals surface area contributed by atoms with Gasteiger partial charge in [-0.1, -0.05) is 0 Å². The van der Waals surface area contributed by atoms with E-state index < -0.39 is 0 Å². The van der Waals surface area contributed by atoms with Crippen LogP contribution in [0.2, 0.25) is 0 Å². The Hall–Kier alpha value is -1.62. The van der Waals surface area contributed by atoms with Crippen molar-refractivity contribution >= 4 is 0 Å². The first-order valence-corrected chi connectivity index (χ1v) is 4.91. The van der Waals surface area contributed by atoms with Crippen LogP contribution in [-0.2, 0) is 13.6 Å². The van der Waals surface area contributed by atoms with Crippen LogP contribution in [-0.4, -0.2) is 26.6 Å². The minimum Gasteiger partial charge on any atom is -0.315 e. The second-order valence-electron chi connectivity index (χ2n) is 3.49. The second kappa shape index (κ2) is 3.86. The summed E-state index contributed by atoms with van der Waals surface area (Å²) >= 11 is 0. The lowest BCUT2D eigenvalue weighted by Gasteiger charge is -2.05. The second-order valence-corrected chi connectivity index (χ2v) is 3.49. The Labute approximate surface area is 88.7 Å². The molecule has 0 aromatic carbocycles. The fourth-order valence-electron chi connectivity index (χ4n) is 1.75. The number of nitrogens with one attached hydrogen (secondary N) is 1. The fraction of sp³-hybridized carbons (Fsp3) is 0.400. The maximum absolute atomic E-state index is 4.40. The van der Waals surface area contributed by atoms with E-state index in [9.17, 15) is 0 Å². The highest BCUT2D eigenvalue weighted by Gasteiger charge is 2.13. The molecule has 0 spiro atoms. The molecule has 0 amide bonds. The predicted octanol–water partition coefficient (Wildman–Crippen LogP) is 0.634. The Morgan fingerprint density at radius 2 is 2.27 bits per heavy atom. The van der Waals surface area contributed by atoms with Crippen molar-refractivity contribution in [3.63, 3.8) is 0 Å². The zero-order valence-corrected chi connectivity index (χ0v) is 9.23. The van der Waals surface area contributed by atoms with Crippen molar-refractivity contribution in [3.05, 3.63) is 29.7 Å². The van der Waals surface area contributed by atoms with Crippen LogP contribution in [0.3, 0.4) is 0 Å². The summed E-state index contributed by atoms with van der Waals surface area (Å²) in [5.74, 6) is 1.02. The minimum atomic E-state index is 0.800. The van der Waals surface area contributed by atoms with Crippen LogP contribution in [0.25, 0.3) is 5.82 Å². The standard InChI is InChI=1S/C10H15N5/c1-8-9(7-11-2)10(14(3)13-8)15-6-4-5-12-15/h4-6,11H,7H2,1-3H3. The van der Waals surface area contributed by atoms with Crippen LogP contribution >= 0.6 is 0 Å². The van der Waals surface area contributed by atoms with Gasteiger partial charge >= 0.3 is 0 Å². The van der Waals surface area contributed by atoms with Gasteiger partial charge in [0.15, 0.2) is 5.82 Å². The summed E-state index contributed by atoms with van der Waals surface area (Å²) in [7, 11) is 3.86. The monoisotopic (exact) mass is 205 g/mol. The molecule has 80 valence electrons. The van der Waals surface area contributed by atoms with Crippen LogP contribution in [0, 0.1) is 6.92 Å². The molecule has 2 heterocycles. The number of hydrogen-bond acceptors (Lipinski definition) is 3. The van der Waals surface area contributed by atoms with Gasteiger partial charge in [-0.3, -0.25) is 4.68 Å². The van der Waals surface area contributed by atoms with E-state index in [4.69, 9.17) is 0 Å². The van der Waals surface area contributed by atoms with Gasteiger partial charge in [-0.15, -0.1) is 0 Å². The van der Waals surface area contributed by atoms with Gasteiger partial charge in [0.1, 0.15) is 0 Å². The average molecular weight is 205 g/mol. The maximum Gasteiger partial charge on any atom is 0.156 e. The van der Waals surface area contributed by atoms with Crippen molar-refractivity contribution in [2.24, 2.45) is 7.05 Å². The lowest BCUT2D eigenvalue weighted by atomic mass is 10.2. The van der Waals surface area contributed by atoms with Crippen LogP contribution in [0.4, 0.5) is 0 Å². The van der Waals surface area contributed by atoms with Crippen molar-refractivity contribution in [2.45, 2.75) is 13.5 Å². The van der Waals surface area contributed by atoms with E-state index >= 15 is 0 Å². The van der Waals surface area contributed by atoms with Crippen molar-refractivity contribution in [1.82, 2.24) is 24.9 Å². The van der Waals surface area contributed by atoms with Crippen LogP contribution in [0.1, 0.15) is 11.3 Å². The molecular formula is C10H15N5. The Morgan fingerprint density at radius 3 is 2.87 bits per heavy atom. The molecule has 2 aromatic rings. The molecular weight excluding hydrogens is 190 g/mol. The van der Waals surface area contributed by atoms with Crippen molar-refractivity contribution < 1.29 is 0 Å². The molecule has 0 aliphatic carbocycles. The quantitative estimate of drug-likeness (QED) is 0.799. The lowest BCUT2D eigenvalue weighted by molar-refractivity contribution is 0.687. The summed E-state index contributed by atoms with van der Waals surface area (Å²) in [5, 5.41) is 11.8. The molecule has 0 saturated heterocycles. The van der Waals surface area contributed by atoms with E-state index in [0.29, 0.717) is 0 Å². The first-order chi connectivity index (χ1) is 7.24. The first-order valence-electron chi connectivity index (χ1n) is 4.91. The highest BCUT2D eigenvalue weighted by atomic mass is 15.4. The summed E-state index contributed by atoms with van der Waals surface area (Å²) in [6.07, 6.45) is 3.70. The molecule has 5 heteroatoms. The number of hydrogen-bond donors (Lipinski definition) is 1. The largest absolute Gasteiger partial charge is 0.315 e. The minimum absolute atomic E-state index is 0.800. The molecule has 5 nitrogen and oxygen atoms in total. The van der Waals surface area contributed by atoms with Gasteiger partial charge in [0.25, 0.3) is 0 Å². The van der Waals surface area contributed by atoms with Crippen LogP contribution < -0.4 is 5.32 Å². The van der Waals surface area contributed by atoms with E-state index in [2.05, 4.69) is 15.5 Å². The summed E-state index contributed by atoms with van der Waals surface area (Å²) in [6.45, 7) is 2.81. The topological polar surface area (TPSA) is 47.7 Å². The van der Waals surface area contributed by atoms with Crippen molar-refractivity contribution in [3.8, 4) is 5.82 Å². The Kier molecular flexibility index (Phi) is 2.55. The van der Waals surface area contributed by atoms with Crippen LogP contribution in [0.15, 0.2) is 18.5 Å². The van der Waals surface area contributed by atoms with Gasteiger partial charge < -0.3 is 5.32 Å². The molecule has 0 fully saturated rings. The van der Waals surface area contributed by atoms with E-state index in [1.807, 2.05) is 42.6 Å². The van der Waals surface area contributed by atoms with Crippen molar-refractivity contribution in [1.29, 1.82) is 0 Å². The number of nitrogens with zero attached hydrogens (tertiary/aromatic N) is 4. The third-order valence-corrected chi connectivity index (χ3v) is 2.39. The highest BCUT2D eigenvalue weighted by molar-refractivity contribution is 5.37. The molecule has 0 aliphatic heterocycles. The summed E-state index contributed by atoms with van der Waals surface area (Å²) in [4.78, 5) is 0. The first kappa shape index (κ1) is 9.92. The van der Waals surface area contributed by atoms with Gasteiger partial charge in [0, 0.05) is 31.5 Å². The predicted molar refractivity (Wildman–Crippen MR) is 57.8 cm³/mol. The van der Waals surface area contributed by atoms with Gasteiger partial charge in [-0.05, 0) is 20.0 Å². The lowest BCUT2D eigenvalue weighted by Crippen LogP contribution is -2.11. The zero-order chi connectivity index (χ0) is 10.8. The normalized spacial score (nSPS) is 10.9. The molecule has 1 N–H and O–H groups in total. The molecule has 0 saturated carbocycles. The molecule has 15 heavy (non-hydrogen) atoms. The molecule has 2 rings (SSSR count). The SMILES string of the molecule is CNCc1c(C)nn(C)c1-n1cccn1. The molecule has 0 bridgehead atoms. The van der Waals surface area contributed by atoms with Gasteiger partial charge in [0.2, 0.25) is 0 Å². The Bertz CT molecular complexity index is 441. The third-order valence-electron chi connectivity index (χ3n) is 2.39. The molecule has 2 aromatic heterocycles. The van der Waals surface area contributed by atoms with Crippen LogP contribution in [0.5, 0.6) is 0 Å².